The fourth-order valence-electron chi connectivity index (χ4n) is 3.76. The van der Waals surface area contributed by atoms with E-state index in [9.17, 15) is 4.79 Å². The Bertz CT molecular complexity index is 896. The van der Waals surface area contributed by atoms with Crippen LogP contribution in [0.4, 0.5) is 0 Å². The molecule has 5 nitrogen and oxygen atoms in total. The molecule has 2 aromatic rings. The number of piperidine rings is 1. The number of benzene rings is 2. The average Bonchev–Trinajstić information content (AvgIpc) is 3.03. The molecule has 0 spiro atoms. The van der Waals surface area contributed by atoms with Gasteiger partial charge in [0.25, 0.3) is 0 Å². The molecular weight excluding hydrogens is 354 g/mol. The maximum atomic E-state index is 12.7. The first-order chi connectivity index (χ1) is 13.7. The lowest BCUT2D eigenvalue weighted by atomic mass is 10.1. The lowest BCUT2D eigenvalue weighted by Gasteiger charge is -2.26. The van der Waals surface area contributed by atoms with E-state index in [1.165, 1.54) is 37.9 Å². The number of Topliss-reactive ketones (excluding diaryl/α,β-unsaturated/α-hetero) is 1. The maximum Gasteiger partial charge on any atom is 0.232 e. The molecule has 2 aliphatic heterocycles. The molecule has 0 aliphatic carbocycles. The molecule has 5 heteroatoms. The Labute approximate surface area is 165 Å². The summed E-state index contributed by atoms with van der Waals surface area (Å²) in [5.74, 6) is 1.72. The second-order valence-electron chi connectivity index (χ2n) is 7.22. The fraction of sp³-hybridized carbons (Fsp3) is 0.348. The zero-order valence-electron chi connectivity index (χ0n) is 16.4. The highest BCUT2D eigenvalue weighted by Gasteiger charge is 2.29. The molecule has 0 bridgehead atoms. The van der Waals surface area contributed by atoms with Gasteiger partial charge >= 0.3 is 0 Å². The SMILES string of the molecule is COc1cc2c(cc1OC)C(=O)/C(=C/c1ccc(CN3CCCCC3)cc1)O2. The lowest BCUT2D eigenvalue weighted by molar-refractivity contribution is 0.101. The normalized spacial score (nSPS) is 18.1. The van der Waals surface area contributed by atoms with E-state index in [1.807, 2.05) is 12.1 Å². The Morgan fingerprint density at radius 3 is 2.36 bits per heavy atom. The molecule has 2 aromatic carbocycles. The number of carbonyl (C=O) groups excluding carboxylic acids is 1. The van der Waals surface area contributed by atoms with Gasteiger partial charge in [0.1, 0.15) is 5.75 Å². The van der Waals surface area contributed by atoms with Crippen LogP contribution in [-0.4, -0.2) is 38.0 Å². The molecule has 2 aliphatic rings. The molecule has 0 unspecified atom stereocenters. The third-order valence-corrected chi connectivity index (χ3v) is 5.31. The largest absolute Gasteiger partial charge is 0.493 e. The first-order valence-electron chi connectivity index (χ1n) is 9.69. The van der Waals surface area contributed by atoms with Crippen molar-refractivity contribution in [1.82, 2.24) is 4.90 Å². The Morgan fingerprint density at radius 2 is 1.68 bits per heavy atom. The number of ether oxygens (including phenoxy) is 3. The number of likely N-dealkylation sites (tertiary alicyclic amines) is 1. The van der Waals surface area contributed by atoms with Gasteiger partial charge in [0.05, 0.1) is 19.8 Å². The topological polar surface area (TPSA) is 48.0 Å². The number of hydrogen-bond donors (Lipinski definition) is 0. The molecule has 28 heavy (non-hydrogen) atoms. The summed E-state index contributed by atoms with van der Waals surface area (Å²) in [6, 6.07) is 11.7. The molecule has 4 rings (SSSR count). The Morgan fingerprint density at radius 1 is 1.00 bits per heavy atom. The van der Waals surface area contributed by atoms with Gasteiger partial charge in [-0.2, -0.15) is 0 Å². The van der Waals surface area contributed by atoms with Crippen LogP contribution in [0.1, 0.15) is 40.7 Å². The Kier molecular flexibility index (Phi) is 5.35. The number of methoxy groups -OCH3 is 2. The predicted molar refractivity (Wildman–Crippen MR) is 108 cm³/mol. The van der Waals surface area contributed by atoms with Gasteiger partial charge in [-0.1, -0.05) is 30.7 Å². The smallest absolute Gasteiger partial charge is 0.232 e. The van der Waals surface area contributed by atoms with Gasteiger partial charge in [0, 0.05) is 12.6 Å². The van der Waals surface area contributed by atoms with Crippen LogP contribution >= 0.6 is 0 Å². The second kappa shape index (κ2) is 8.07. The first kappa shape index (κ1) is 18.6. The zero-order chi connectivity index (χ0) is 19.5. The van der Waals surface area contributed by atoms with Gasteiger partial charge in [0.15, 0.2) is 17.3 Å². The highest BCUT2D eigenvalue weighted by atomic mass is 16.5. The van der Waals surface area contributed by atoms with Crippen LogP contribution in [0, 0.1) is 0 Å². The Balaban J connectivity index is 1.50. The third kappa shape index (κ3) is 3.76. The molecule has 0 amide bonds. The predicted octanol–water partition coefficient (Wildman–Crippen LogP) is 4.31. The molecule has 0 saturated carbocycles. The van der Waals surface area contributed by atoms with Crippen LogP contribution in [0.5, 0.6) is 17.2 Å². The quantitative estimate of drug-likeness (QED) is 0.725. The average molecular weight is 379 g/mol. The van der Waals surface area contributed by atoms with E-state index in [1.54, 1.807) is 32.4 Å². The number of rotatable bonds is 5. The van der Waals surface area contributed by atoms with E-state index in [4.69, 9.17) is 14.2 Å². The van der Waals surface area contributed by atoms with Gasteiger partial charge in [-0.3, -0.25) is 9.69 Å². The molecule has 146 valence electrons. The minimum absolute atomic E-state index is 0.145. The number of ketones is 1. The molecule has 0 aromatic heterocycles. The summed E-state index contributed by atoms with van der Waals surface area (Å²) in [6.07, 6.45) is 5.71. The van der Waals surface area contributed by atoms with Gasteiger partial charge in [-0.25, -0.2) is 0 Å². The summed E-state index contributed by atoms with van der Waals surface area (Å²) in [5.41, 5.74) is 2.73. The van der Waals surface area contributed by atoms with E-state index in [0.29, 0.717) is 28.6 Å². The van der Waals surface area contributed by atoms with Crippen molar-refractivity contribution in [2.75, 3.05) is 27.3 Å². The third-order valence-electron chi connectivity index (χ3n) is 5.31. The van der Waals surface area contributed by atoms with Crippen LogP contribution < -0.4 is 14.2 Å². The maximum absolute atomic E-state index is 12.7. The molecule has 0 atom stereocenters. The van der Waals surface area contributed by atoms with Gasteiger partial charge in [-0.05, 0) is 49.2 Å². The van der Waals surface area contributed by atoms with E-state index in [2.05, 4.69) is 17.0 Å². The summed E-state index contributed by atoms with van der Waals surface area (Å²) in [6.45, 7) is 3.34. The van der Waals surface area contributed by atoms with Gasteiger partial charge in [-0.15, -0.1) is 0 Å². The number of fused-ring (bicyclic) bond motifs is 1. The van der Waals surface area contributed by atoms with Crippen LogP contribution in [-0.2, 0) is 6.54 Å². The number of allylic oxidation sites excluding steroid dienone is 1. The van der Waals surface area contributed by atoms with Crippen molar-refractivity contribution in [3.05, 3.63) is 58.8 Å². The number of carbonyl (C=O) groups is 1. The van der Waals surface area contributed by atoms with Crippen LogP contribution in [0.3, 0.4) is 0 Å². The van der Waals surface area contributed by atoms with Crippen LogP contribution in [0.2, 0.25) is 0 Å². The molecule has 0 radical (unpaired) electrons. The molecule has 2 heterocycles. The van der Waals surface area contributed by atoms with Crippen molar-refractivity contribution in [1.29, 1.82) is 0 Å². The summed E-state index contributed by atoms with van der Waals surface area (Å²) < 4.78 is 16.4. The highest BCUT2D eigenvalue weighted by molar-refractivity contribution is 6.14. The van der Waals surface area contributed by atoms with Crippen LogP contribution in [0.25, 0.3) is 6.08 Å². The molecule has 1 fully saturated rings. The van der Waals surface area contributed by atoms with Crippen molar-refractivity contribution in [2.24, 2.45) is 0 Å². The standard InChI is InChI=1S/C23H25NO4/c1-26-20-13-18-19(14-21(20)27-2)28-22(23(18)25)12-16-6-8-17(9-7-16)15-24-10-4-3-5-11-24/h6-9,12-14H,3-5,10-11,15H2,1-2H3/b22-12-. The van der Waals surface area contributed by atoms with E-state index in [0.717, 1.165) is 12.1 Å². The summed E-state index contributed by atoms with van der Waals surface area (Å²) >= 11 is 0. The molecular formula is C23H25NO4. The van der Waals surface area contributed by atoms with Gasteiger partial charge in [0.2, 0.25) is 5.78 Å². The summed E-state index contributed by atoms with van der Waals surface area (Å²) in [4.78, 5) is 15.2. The van der Waals surface area contributed by atoms with Crippen molar-refractivity contribution >= 4 is 11.9 Å². The van der Waals surface area contributed by atoms with Gasteiger partial charge < -0.3 is 14.2 Å². The molecule has 0 N–H and O–H groups in total. The van der Waals surface area contributed by atoms with Crippen molar-refractivity contribution < 1.29 is 19.0 Å². The van der Waals surface area contributed by atoms with Crippen molar-refractivity contribution in [3.63, 3.8) is 0 Å². The second-order valence-corrected chi connectivity index (χ2v) is 7.22. The zero-order valence-corrected chi connectivity index (χ0v) is 16.4. The first-order valence-corrected chi connectivity index (χ1v) is 9.69. The monoisotopic (exact) mass is 379 g/mol. The minimum Gasteiger partial charge on any atom is -0.493 e. The van der Waals surface area contributed by atoms with E-state index < -0.39 is 0 Å². The summed E-state index contributed by atoms with van der Waals surface area (Å²) in [5, 5.41) is 0. The van der Waals surface area contributed by atoms with Crippen molar-refractivity contribution in [3.8, 4) is 17.2 Å². The number of nitrogens with zero attached hydrogens (tertiary/aromatic N) is 1. The van der Waals surface area contributed by atoms with Crippen LogP contribution in [0.15, 0.2) is 42.2 Å². The number of hydrogen-bond acceptors (Lipinski definition) is 5. The molecule has 1 saturated heterocycles. The fourth-order valence-corrected chi connectivity index (χ4v) is 3.76. The minimum atomic E-state index is -0.145. The van der Waals surface area contributed by atoms with E-state index in [-0.39, 0.29) is 5.78 Å². The Hall–Kier alpha value is -2.79. The highest BCUT2D eigenvalue weighted by Crippen LogP contribution is 2.40. The lowest BCUT2D eigenvalue weighted by Crippen LogP contribution is -2.29. The summed E-state index contributed by atoms with van der Waals surface area (Å²) in [7, 11) is 3.11. The van der Waals surface area contributed by atoms with Crippen molar-refractivity contribution in [2.45, 2.75) is 25.8 Å². The van der Waals surface area contributed by atoms with E-state index >= 15 is 0 Å².